The number of para-hydroxylation sites is 1. The standard InChI is InChI=1S/C31H18N6S/c1-3-9-24-22(7-1)28-29(27-23-8-2-4-10-25(23)38-26(27)18-36-28)37(24)21-16-19(30-32-11-5-12-33-30)15-20(17-21)31-34-13-6-14-35-31/h1-18H. The SMILES string of the molecule is c1cnc(-c2cc(-c3ncccn3)cc(-n3c4ccccc4c4ncc5sc6ccccc6c5c43)c2)nc1. The largest absolute Gasteiger partial charge is 0.307 e. The lowest BCUT2D eigenvalue weighted by Crippen LogP contribution is -1.98. The summed E-state index contributed by atoms with van der Waals surface area (Å²) in [5.74, 6) is 1.30. The fourth-order valence-corrected chi connectivity index (χ4v) is 6.35. The summed E-state index contributed by atoms with van der Waals surface area (Å²) >= 11 is 1.77. The molecule has 0 spiro atoms. The Hall–Kier alpha value is -5.01. The van der Waals surface area contributed by atoms with Crippen LogP contribution < -0.4 is 0 Å². The molecule has 0 aliphatic rings. The van der Waals surface area contributed by atoms with Crippen molar-refractivity contribution in [2.45, 2.75) is 0 Å². The second-order valence-corrected chi connectivity index (χ2v) is 10.1. The Kier molecular flexibility index (Phi) is 4.59. The van der Waals surface area contributed by atoms with E-state index >= 15 is 0 Å². The van der Waals surface area contributed by atoms with Crippen molar-refractivity contribution in [1.29, 1.82) is 0 Å². The zero-order chi connectivity index (χ0) is 25.1. The van der Waals surface area contributed by atoms with E-state index in [1.165, 1.54) is 15.5 Å². The molecular weight excluding hydrogens is 488 g/mol. The first kappa shape index (κ1) is 21.1. The highest BCUT2D eigenvalue weighted by Crippen LogP contribution is 2.42. The number of thiophene rings is 1. The van der Waals surface area contributed by atoms with Crippen LogP contribution in [-0.4, -0.2) is 29.5 Å². The van der Waals surface area contributed by atoms with E-state index in [2.05, 4.69) is 91.2 Å². The average molecular weight is 507 g/mol. The van der Waals surface area contributed by atoms with Crippen LogP contribution in [0.25, 0.3) is 70.6 Å². The molecule has 0 aliphatic heterocycles. The van der Waals surface area contributed by atoms with Crippen molar-refractivity contribution in [2.75, 3.05) is 0 Å². The molecule has 6 nitrogen and oxygen atoms in total. The molecular formula is C31H18N6S. The van der Waals surface area contributed by atoms with Crippen molar-refractivity contribution in [3.63, 3.8) is 0 Å². The van der Waals surface area contributed by atoms with Crippen LogP contribution in [0.1, 0.15) is 0 Å². The molecule has 7 heteroatoms. The Morgan fingerprint density at radius 2 is 1.21 bits per heavy atom. The molecule has 0 unspecified atom stereocenters. The molecule has 0 saturated carbocycles. The molecule has 8 aromatic rings. The first-order chi connectivity index (χ1) is 18.8. The smallest absolute Gasteiger partial charge is 0.159 e. The minimum atomic E-state index is 0.650. The Balaban J connectivity index is 1.54. The van der Waals surface area contributed by atoms with Crippen LogP contribution in [-0.2, 0) is 0 Å². The van der Waals surface area contributed by atoms with Crippen LogP contribution in [0.15, 0.2) is 110 Å². The highest BCUT2D eigenvalue weighted by atomic mass is 32.1. The van der Waals surface area contributed by atoms with Crippen LogP contribution in [0, 0.1) is 0 Å². The predicted octanol–water partition coefficient (Wildman–Crippen LogP) is 7.46. The third-order valence-corrected chi connectivity index (χ3v) is 7.95. The number of pyridine rings is 1. The molecule has 0 atom stereocenters. The van der Waals surface area contributed by atoms with Crippen molar-refractivity contribution >= 4 is 53.4 Å². The van der Waals surface area contributed by atoms with Gasteiger partial charge in [0.25, 0.3) is 0 Å². The van der Waals surface area contributed by atoms with Gasteiger partial charge in [-0.25, -0.2) is 19.9 Å². The summed E-state index contributed by atoms with van der Waals surface area (Å²) in [5.41, 5.74) is 5.93. The zero-order valence-corrected chi connectivity index (χ0v) is 20.8. The molecule has 0 saturated heterocycles. The van der Waals surface area contributed by atoms with Gasteiger partial charge in [-0.3, -0.25) is 4.98 Å². The lowest BCUT2D eigenvalue weighted by atomic mass is 10.1. The van der Waals surface area contributed by atoms with E-state index in [1.54, 1.807) is 36.1 Å². The minimum absolute atomic E-state index is 0.650. The van der Waals surface area contributed by atoms with Crippen molar-refractivity contribution in [3.8, 4) is 28.5 Å². The van der Waals surface area contributed by atoms with Crippen LogP contribution in [0.4, 0.5) is 0 Å². The van der Waals surface area contributed by atoms with E-state index in [0.717, 1.165) is 43.5 Å². The van der Waals surface area contributed by atoms with Crippen LogP contribution in [0.5, 0.6) is 0 Å². The van der Waals surface area contributed by atoms with Gasteiger partial charge in [0.15, 0.2) is 11.6 Å². The highest BCUT2D eigenvalue weighted by molar-refractivity contribution is 7.26. The number of nitrogens with zero attached hydrogens (tertiary/aromatic N) is 6. The third-order valence-electron chi connectivity index (χ3n) is 6.84. The molecule has 0 aliphatic carbocycles. The summed E-state index contributed by atoms with van der Waals surface area (Å²) in [4.78, 5) is 23.1. The maximum atomic E-state index is 4.98. The van der Waals surface area contributed by atoms with Gasteiger partial charge in [-0.05, 0) is 42.5 Å². The van der Waals surface area contributed by atoms with Gasteiger partial charge in [0.2, 0.25) is 0 Å². The maximum Gasteiger partial charge on any atom is 0.159 e. The summed E-state index contributed by atoms with van der Waals surface area (Å²) < 4.78 is 4.73. The van der Waals surface area contributed by atoms with E-state index in [1.807, 2.05) is 18.3 Å². The van der Waals surface area contributed by atoms with Gasteiger partial charge < -0.3 is 4.57 Å². The Morgan fingerprint density at radius 1 is 0.579 bits per heavy atom. The van der Waals surface area contributed by atoms with E-state index in [-0.39, 0.29) is 0 Å². The molecule has 0 amide bonds. The van der Waals surface area contributed by atoms with E-state index in [4.69, 9.17) is 4.98 Å². The second kappa shape index (κ2) is 8.26. The lowest BCUT2D eigenvalue weighted by Gasteiger charge is -2.13. The minimum Gasteiger partial charge on any atom is -0.307 e. The average Bonchev–Trinajstić information content (AvgIpc) is 3.53. The van der Waals surface area contributed by atoms with Crippen LogP contribution in [0.2, 0.25) is 0 Å². The Morgan fingerprint density at radius 3 is 1.92 bits per heavy atom. The topological polar surface area (TPSA) is 69.4 Å². The van der Waals surface area contributed by atoms with Gasteiger partial charge >= 0.3 is 0 Å². The summed E-state index contributed by atoms with van der Waals surface area (Å²) in [6.45, 7) is 0. The summed E-state index contributed by atoms with van der Waals surface area (Å²) in [7, 11) is 0. The van der Waals surface area contributed by atoms with Crippen molar-refractivity contribution in [2.24, 2.45) is 0 Å². The highest BCUT2D eigenvalue weighted by Gasteiger charge is 2.20. The Bertz CT molecular complexity index is 2070. The summed E-state index contributed by atoms with van der Waals surface area (Å²) in [6.07, 6.45) is 9.06. The number of benzene rings is 3. The van der Waals surface area contributed by atoms with Gasteiger partial charge in [0.05, 0.1) is 21.3 Å². The summed E-state index contributed by atoms with van der Waals surface area (Å²) in [6, 6.07) is 27.0. The molecule has 5 heterocycles. The maximum absolute atomic E-state index is 4.98. The van der Waals surface area contributed by atoms with Gasteiger partial charge in [-0.15, -0.1) is 11.3 Å². The monoisotopic (exact) mass is 506 g/mol. The molecule has 38 heavy (non-hydrogen) atoms. The molecule has 178 valence electrons. The van der Waals surface area contributed by atoms with Gasteiger partial charge in [-0.2, -0.15) is 0 Å². The van der Waals surface area contributed by atoms with E-state index in [0.29, 0.717) is 11.6 Å². The number of hydrogen-bond donors (Lipinski definition) is 0. The quantitative estimate of drug-likeness (QED) is 0.249. The fourth-order valence-electron chi connectivity index (χ4n) is 5.27. The van der Waals surface area contributed by atoms with Crippen molar-refractivity contribution in [1.82, 2.24) is 29.5 Å². The van der Waals surface area contributed by atoms with Crippen LogP contribution >= 0.6 is 11.3 Å². The van der Waals surface area contributed by atoms with E-state index in [9.17, 15) is 0 Å². The van der Waals surface area contributed by atoms with Crippen molar-refractivity contribution < 1.29 is 0 Å². The molecule has 0 N–H and O–H groups in total. The number of hydrogen-bond acceptors (Lipinski definition) is 6. The number of aromatic nitrogens is 6. The third kappa shape index (κ3) is 3.16. The van der Waals surface area contributed by atoms with E-state index < -0.39 is 0 Å². The normalized spacial score (nSPS) is 11.7. The molecule has 3 aromatic carbocycles. The molecule has 0 radical (unpaired) electrons. The van der Waals surface area contributed by atoms with Gasteiger partial charge in [0, 0.05) is 68.7 Å². The summed E-state index contributed by atoms with van der Waals surface area (Å²) in [5, 5.41) is 3.56. The first-order valence-corrected chi connectivity index (χ1v) is 13.1. The molecule has 8 rings (SSSR count). The fraction of sp³-hybridized carbons (Fsp3) is 0. The van der Waals surface area contributed by atoms with Crippen LogP contribution in [0.3, 0.4) is 0 Å². The molecule has 0 fully saturated rings. The van der Waals surface area contributed by atoms with Gasteiger partial charge in [-0.1, -0.05) is 36.4 Å². The number of rotatable bonds is 3. The molecule has 0 bridgehead atoms. The Labute approximate surface area is 220 Å². The predicted molar refractivity (Wildman–Crippen MR) is 154 cm³/mol. The second-order valence-electron chi connectivity index (χ2n) is 9.06. The van der Waals surface area contributed by atoms with Gasteiger partial charge in [0.1, 0.15) is 0 Å². The van der Waals surface area contributed by atoms with Crippen molar-refractivity contribution in [3.05, 3.63) is 110 Å². The molecule has 5 aromatic heterocycles. The first-order valence-electron chi connectivity index (χ1n) is 12.2. The zero-order valence-electron chi connectivity index (χ0n) is 20.0. The number of fused-ring (bicyclic) bond motifs is 7. The lowest BCUT2D eigenvalue weighted by molar-refractivity contribution is 1.14.